The average molecular weight is 221 g/mol. The first-order chi connectivity index (χ1) is 7.49. The molecule has 3 heteroatoms. The van der Waals surface area contributed by atoms with Gasteiger partial charge in [0.05, 0.1) is 11.9 Å². The molecule has 0 bridgehead atoms. The van der Waals surface area contributed by atoms with Gasteiger partial charge in [-0.3, -0.25) is 0 Å². The molecule has 0 radical (unpaired) electrons. The van der Waals surface area contributed by atoms with E-state index in [4.69, 9.17) is 5.73 Å². The van der Waals surface area contributed by atoms with Crippen LogP contribution in [0, 0.1) is 12.8 Å². The highest BCUT2D eigenvalue weighted by Gasteiger charge is 2.06. The van der Waals surface area contributed by atoms with E-state index in [9.17, 15) is 0 Å². The van der Waals surface area contributed by atoms with Gasteiger partial charge in [0.1, 0.15) is 5.82 Å². The van der Waals surface area contributed by atoms with E-state index in [0.29, 0.717) is 6.04 Å². The molecular formula is C13H23N3. The van der Waals surface area contributed by atoms with Gasteiger partial charge in [-0.25, -0.2) is 4.98 Å². The molecule has 90 valence electrons. The van der Waals surface area contributed by atoms with Gasteiger partial charge in [0.15, 0.2) is 0 Å². The van der Waals surface area contributed by atoms with Crippen LogP contribution < -0.4 is 11.1 Å². The van der Waals surface area contributed by atoms with Crippen LogP contribution in [0.3, 0.4) is 0 Å². The Bertz CT molecular complexity index is 334. The topological polar surface area (TPSA) is 50.9 Å². The van der Waals surface area contributed by atoms with Crippen LogP contribution in [0.4, 0.5) is 11.5 Å². The Labute approximate surface area is 98.5 Å². The molecule has 0 aliphatic carbocycles. The zero-order valence-electron chi connectivity index (χ0n) is 10.7. The Hall–Kier alpha value is -1.25. The van der Waals surface area contributed by atoms with Crippen LogP contribution in [0.5, 0.6) is 0 Å². The Morgan fingerprint density at radius 2 is 2.00 bits per heavy atom. The first-order valence-electron chi connectivity index (χ1n) is 5.97. The van der Waals surface area contributed by atoms with E-state index < -0.39 is 0 Å². The first-order valence-corrected chi connectivity index (χ1v) is 5.97. The van der Waals surface area contributed by atoms with Crippen LogP contribution in [-0.4, -0.2) is 11.0 Å². The zero-order chi connectivity index (χ0) is 12.1. The number of nitrogens with zero attached hydrogens (tertiary/aromatic N) is 1. The Balaban J connectivity index is 2.52. The van der Waals surface area contributed by atoms with Gasteiger partial charge in [-0.2, -0.15) is 0 Å². The van der Waals surface area contributed by atoms with Crippen molar-refractivity contribution >= 4 is 11.5 Å². The van der Waals surface area contributed by atoms with E-state index in [1.54, 1.807) is 6.20 Å². The van der Waals surface area contributed by atoms with Crippen molar-refractivity contribution in [3.8, 4) is 0 Å². The second-order valence-electron chi connectivity index (χ2n) is 4.95. The Morgan fingerprint density at radius 3 is 2.56 bits per heavy atom. The van der Waals surface area contributed by atoms with Crippen molar-refractivity contribution in [2.24, 2.45) is 5.92 Å². The van der Waals surface area contributed by atoms with Crippen LogP contribution in [0.25, 0.3) is 0 Å². The van der Waals surface area contributed by atoms with Crippen LogP contribution >= 0.6 is 0 Å². The van der Waals surface area contributed by atoms with Crippen LogP contribution in [-0.2, 0) is 0 Å². The van der Waals surface area contributed by atoms with Crippen molar-refractivity contribution in [2.45, 2.75) is 46.6 Å². The lowest BCUT2D eigenvalue weighted by Crippen LogP contribution is -2.17. The van der Waals surface area contributed by atoms with Crippen molar-refractivity contribution in [3.63, 3.8) is 0 Å². The predicted octanol–water partition coefficient (Wildman–Crippen LogP) is 3.21. The summed E-state index contributed by atoms with van der Waals surface area (Å²) in [5.74, 6) is 1.70. The predicted molar refractivity (Wildman–Crippen MR) is 70.5 cm³/mol. The van der Waals surface area contributed by atoms with Gasteiger partial charge in [-0.05, 0) is 44.2 Å². The Morgan fingerprint density at radius 1 is 1.31 bits per heavy atom. The summed E-state index contributed by atoms with van der Waals surface area (Å²) in [5, 5.41) is 3.43. The maximum atomic E-state index is 5.67. The summed E-state index contributed by atoms with van der Waals surface area (Å²) in [7, 11) is 0. The molecule has 1 atom stereocenters. The number of aromatic nitrogens is 1. The van der Waals surface area contributed by atoms with Gasteiger partial charge >= 0.3 is 0 Å². The third-order valence-electron chi connectivity index (χ3n) is 2.66. The number of anilines is 2. The molecule has 1 heterocycles. The van der Waals surface area contributed by atoms with Crippen molar-refractivity contribution in [3.05, 3.63) is 17.8 Å². The molecule has 1 unspecified atom stereocenters. The maximum Gasteiger partial charge on any atom is 0.129 e. The molecule has 1 rings (SSSR count). The quantitative estimate of drug-likeness (QED) is 0.802. The molecule has 16 heavy (non-hydrogen) atoms. The molecule has 0 spiro atoms. The molecule has 0 aromatic carbocycles. The fourth-order valence-corrected chi connectivity index (χ4v) is 1.64. The minimum absolute atomic E-state index is 0.456. The third kappa shape index (κ3) is 4.09. The monoisotopic (exact) mass is 221 g/mol. The molecule has 3 N–H and O–H groups in total. The molecule has 0 amide bonds. The maximum absolute atomic E-state index is 5.67. The molecule has 1 aromatic heterocycles. The van der Waals surface area contributed by atoms with E-state index >= 15 is 0 Å². The molecular weight excluding hydrogens is 198 g/mol. The third-order valence-corrected chi connectivity index (χ3v) is 2.66. The highest BCUT2D eigenvalue weighted by molar-refractivity contribution is 5.51. The SMILES string of the molecule is Cc1cc(N)cnc1NC(C)CCC(C)C. The molecule has 1 aromatic rings. The molecule has 0 aliphatic rings. The van der Waals surface area contributed by atoms with Crippen LogP contribution in [0.1, 0.15) is 39.2 Å². The summed E-state index contributed by atoms with van der Waals surface area (Å²) in [4.78, 5) is 4.31. The number of hydrogen-bond acceptors (Lipinski definition) is 3. The lowest BCUT2D eigenvalue weighted by atomic mass is 10.0. The van der Waals surface area contributed by atoms with Gasteiger partial charge in [0.2, 0.25) is 0 Å². The van der Waals surface area contributed by atoms with E-state index in [-0.39, 0.29) is 0 Å². The molecule has 3 nitrogen and oxygen atoms in total. The minimum Gasteiger partial charge on any atom is -0.397 e. The summed E-state index contributed by atoms with van der Waals surface area (Å²) in [6.45, 7) is 8.72. The lowest BCUT2D eigenvalue weighted by Gasteiger charge is -2.17. The first kappa shape index (κ1) is 12.8. The van der Waals surface area contributed by atoms with Gasteiger partial charge < -0.3 is 11.1 Å². The van der Waals surface area contributed by atoms with Crippen molar-refractivity contribution in [1.82, 2.24) is 4.98 Å². The van der Waals surface area contributed by atoms with Gasteiger partial charge in [0, 0.05) is 6.04 Å². The summed E-state index contributed by atoms with van der Waals surface area (Å²) in [6, 6.07) is 2.40. The second-order valence-corrected chi connectivity index (χ2v) is 4.95. The Kier molecular flexibility index (Phi) is 4.59. The highest BCUT2D eigenvalue weighted by atomic mass is 15.0. The van der Waals surface area contributed by atoms with Gasteiger partial charge in [0.25, 0.3) is 0 Å². The average Bonchev–Trinajstić information content (AvgIpc) is 2.19. The largest absolute Gasteiger partial charge is 0.397 e. The van der Waals surface area contributed by atoms with Gasteiger partial charge in [-0.1, -0.05) is 13.8 Å². The lowest BCUT2D eigenvalue weighted by molar-refractivity contribution is 0.527. The van der Waals surface area contributed by atoms with E-state index in [2.05, 4.69) is 31.1 Å². The zero-order valence-corrected chi connectivity index (χ0v) is 10.7. The number of pyridine rings is 1. The molecule has 0 saturated heterocycles. The van der Waals surface area contributed by atoms with Crippen LogP contribution in [0.15, 0.2) is 12.3 Å². The van der Waals surface area contributed by atoms with E-state index in [1.807, 2.05) is 13.0 Å². The summed E-state index contributed by atoms with van der Waals surface area (Å²) < 4.78 is 0. The molecule has 0 fully saturated rings. The normalized spacial score (nSPS) is 12.8. The van der Waals surface area contributed by atoms with Gasteiger partial charge in [-0.15, -0.1) is 0 Å². The van der Waals surface area contributed by atoms with Crippen molar-refractivity contribution in [1.29, 1.82) is 0 Å². The molecule has 0 aliphatic heterocycles. The summed E-state index contributed by atoms with van der Waals surface area (Å²) in [5.41, 5.74) is 7.49. The van der Waals surface area contributed by atoms with Crippen molar-refractivity contribution in [2.75, 3.05) is 11.1 Å². The number of nitrogen functional groups attached to an aromatic ring is 1. The van der Waals surface area contributed by atoms with Crippen LogP contribution in [0.2, 0.25) is 0 Å². The smallest absolute Gasteiger partial charge is 0.129 e. The summed E-state index contributed by atoms with van der Waals surface area (Å²) in [6.07, 6.45) is 4.11. The standard InChI is InChI=1S/C13H23N3/c1-9(2)5-6-11(4)16-13-10(3)7-12(14)8-15-13/h7-9,11H,5-6,14H2,1-4H3,(H,15,16). The fraction of sp³-hybridized carbons (Fsp3) is 0.615. The van der Waals surface area contributed by atoms with E-state index in [1.165, 1.54) is 12.8 Å². The highest BCUT2D eigenvalue weighted by Crippen LogP contribution is 2.16. The second kappa shape index (κ2) is 5.73. The fourth-order valence-electron chi connectivity index (χ4n) is 1.64. The number of nitrogens with two attached hydrogens (primary N) is 1. The number of aryl methyl sites for hydroxylation is 1. The number of nitrogens with one attached hydrogen (secondary N) is 1. The van der Waals surface area contributed by atoms with E-state index in [0.717, 1.165) is 23.0 Å². The van der Waals surface area contributed by atoms with Crippen molar-refractivity contribution < 1.29 is 0 Å². The summed E-state index contributed by atoms with van der Waals surface area (Å²) >= 11 is 0. The molecule has 0 saturated carbocycles. The minimum atomic E-state index is 0.456. The number of rotatable bonds is 5. The number of hydrogen-bond donors (Lipinski definition) is 2.